The zero-order valence-corrected chi connectivity index (χ0v) is 13.2. The fourth-order valence-corrected chi connectivity index (χ4v) is 2.07. The molecule has 0 radical (unpaired) electrons. The number of aromatic nitrogens is 2. The first kappa shape index (κ1) is 15.9. The standard InChI is InChI=1S/C15H21N3O4/c1-15(2,3)22-14(20)16-7-8-18-12-9-10(21-4)5-6-11(12)17-13(18)19/h5-6,9H,7-8H2,1-4H3,(H,16,20)(H,17,19). The topological polar surface area (TPSA) is 85.4 Å². The Balaban J connectivity index is 2.07. The van der Waals surface area contributed by atoms with Crippen molar-refractivity contribution in [3.63, 3.8) is 0 Å². The number of rotatable bonds is 4. The van der Waals surface area contributed by atoms with Crippen molar-refractivity contribution in [2.24, 2.45) is 0 Å². The van der Waals surface area contributed by atoms with Crippen LogP contribution in [0.15, 0.2) is 23.0 Å². The van der Waals surface area contributed by atoms with Gasteiger partial charge in [0.2, 0.25) is 0 Å². The first-order valence-electron chi connectivity index (χ1n) is 7.03. The van der Waals surface area contributed by atoms with E-state index >= 15 is 0 Å². The lowest BCUT2D eigenvalue weighted by Gasteiger charge is -2.19. The molecule has 0 unspecified atom stereocenters. The fraction of sp³-hybridized carbons (Fsp3) is 0.467. The zero-order chi connectivity index (χ0) is 16.3. The van der Waals surface area contributed by atoms with Gasteiger partial charge in [-0.3, -0.25) is 4.57 Å². The highest BCUT2D eigenvalue weighted by Gasteiger charge is 2.16. The number of hydrogen-bond acceptors (Lipinski definition) is 4. The largest absolute Gasteiger partial charge is 0.497 e. The molecule has 0 spiro atoms. The third-order valence-electron chi connectivity index (χ3n) is 2.99. The summed E-state index contributed by atoms with van der Waals surface area (Å²) in [5.74, 6) is 0.667. The van der Waals surface area contributed by atoms with Gasteiger partial charge in [0, 0.05) is 19.2 Å². The predicted molar refractivity (Wildman–Crippen MR) is 83.3 cm³/mol. The number of carbonyl (C=O) groups is 1. The van der Waals surface area contributed by atoms with Crippen LogP contribution in [0.4, 0.5) is 4.79 Å². The SMILES string of the molecule is COc1ccc2[nH]c(=O)n(CCNC(=O)OC(C)(C)C)c2c1. The summed E-state index contributed by atoms with van der Waals surface area (Å²) in [5.41, 5.74) is 0.683. The van der Waals surface area contributed by atoms with E-state index in [2.05, 4.69) is 10.3 Å². The molecule has 0 bridgehead atoms. The molecule has 0 aliphatic carbocycles. The van der Waals surface area contributed by atoms with E-state index in [4.69, 9.17) is 9.47 Å². The van der Waals surface area contributed by atoms with Crippen LogP contribution in [0.25, 0.3) is 11.0 Å². The number of imidazole rings is 1. The average Bonchev–Trinajstić information content (AvgIpc) is 2.72. The van der Waals surface area contributed by atoms with Crippen molar-refractivity contribution in [3.8, 4) is 5.75 Å². The van der Waals surface area contributed by atoms with E-state index in [-0.39, 0.29) is 5.69 Å². The van der Waals surface area contributed by atoms with Gasteiger partial charge in [0.25, 0.3) is 0 Å². The van der Waals surface area contributed by atoms with Crippen molar-refractivity contribution in [3.05, 3.63) is 28.7 Å². The Hall–Kier alpha value is -2.44. The summed E-state index contributed by atoms with van der Waals surface area (Å²) in [5, 5.41) is 2.63. The maximum atomic E-state index is 12.0. The summed E-state index contributed by atoms with van der Waals surface area (Å²) in [6.45, 7) is 6.01. The van der Waals surface area contributed by atoms with Gasteiger partial charge in [-0.05, 0) is 32.9 Å². The van der Waals surface area contributed by atoms with Crippen LogP contribution in [0.3, 0.4) is 0 Å². The molecule has 2 N–H and O–H groups in total. The second kappa shape index (κ2) is 6.13. The highest BCUT2D eigenvalue weighted by atomic mass is 16.6. The number of methoxy groups -OCH3 is 1. The van der Waals surface area contributed by atoms with Gasteiger partial charge in [-0.2, -0.15) is 0 Å². The second-order valence-electron chi connectivity index (χ2n) is 5.89. The molecule has 2 rings (SSSR count). The van der Waals surface area contributed by atoms with Gasteiger partial charge in [-0.15, -0.1) is 0 Å². The molecule has 0 fully saturated rings. The number of H-pyrrole nitrogens is 1. The maximum absolute atomic E-state index is 12.0. The summed E-state index contributed by atoms with van der Waals surface area (Å²) in [6, 6.07) is 5.34. The van der Waals surface area contributed by atoms with Crippen molar-refractivity contribution in [2.45, 2.75) is 32.9 Å². The molecule has 0 atom stereocenters. The third-order valence-corrected chi connectivity index (χ3v) is 2.99. The lowest BCUT2D eigenvalue weighted by Crippen LogP contribution is -2.35. The van der Waals surface area contributed by atoms with Crippen LogP contribution >= 0.6 is 0 Å². The highest BCUT2D eigenvalue weighted by molar-refractivity contribution is 5.77. The Kier molecular flexibility index (Phi) is 4.44. The number of amides is 1. The fourth-order valence-electron chi connectivity index (χ4n) is 2.07. The Bertz CT molecular complexity index is 724. The Morgan fingerprint density at radius 1 is 1.36 bits per heavy atom. The predicted octanol–water partition coefficient (Wildman–Crippen LogP) is 1.86. The van der Waals surface area contributed by atoms with Crippen LogP contribution in [0, 0.1) is 0 Å². The molecule has 2 aromatic rings. The van der Waals surface area contributed by atoms with Crippen LogP contribution in [0.2, 0.25) is 0 Å². The smallest absolute Gasteiger partial charge is 0.407 e. The zero-order valence-electron chi connectivity index (χ0n) is 13.2. The van der Waals surface area contributed by atoms with Gasteiger partial charge in [0.05, 0.1) is 18.1 Å². The number of nitrogens with zero attached hydrogens (tertiary/aromatic N) is 1. The van der Waals surface area contributed by atoms with Crippen molar-refractivity contribution in [1.29, 1.82) is 0 Å². The summed E-state index contributed by atoms with van der Waals surface area (Å²) in [6.07, 6.45) is -0.502. The average molecular weight is 307 g/mol. The lowest BCUT2D eigenvalue weighted by molar-refractivity contribution is 0.0526. The van der Waals surface area contributed by atoms with E-state index in [0.717, 1.165) is 11.0 Å². The summed E-state index contributed by atoms with van der Waals surface area (Å²) >= 11 is 0. The molecule has 1 amide bonds. The lowest BCUT2D eigenvalue weighted by atomic mass is 10.2. The number of nitrogens with one attached hydrogen (secondary N) is 2. The van der Waals surface area contributed by atoms with E-state index < -0.39 is 11.7 Å². The minimum absolute atomic E-state index is 0.228. The Morgan fingerprint density at radius 2 is 2.09 bits per heavy atom. The molecule has 1 heterocycles. The first-order chi connectivity index (χ1) is 10.3. The van der Waals surface area contributed by atoms with Gasteiger partial charge >= 0.3 is 11.8 Å². The molecule has 120 valence electrons. The number of aromatic amines is 1. The van der Waals surface area contributed by atoms with Crippen LogP contribution in [-0.4, -0.2) is 34.9 Å². The van der Waals surface area contributed by atoms with Crippen LogP contribution < -0.4 is 15.7 Å². The molecular weight excluding hydrogens is 286 g/mol. The quantitative estimate of drug-likeness (QED) is 0.903. The highest BCUT2D eigenvalue weighted by Crippen LogP contribution is 2.18. The Morgan fingerprint density at radius 3 is 2.73 bits per heavy atom. The number of hydrogen-bond donors (Lipinski definition) is 2. The molecule has 1 aromatic carbocycles. The molecule has 7 heteroatoms. The van der Waals surface area contributed by atoms with Gasteiger partial charge in [-0.25, -0.2) is 9.59 Å². The van der Waals surface area contributed by atoms with Crippen molar-refractivity contribution in [2.75, 3.05) is 13.7 Å². The minimum Gasteiger partial charge on any atom is -0.497 e. The van der Waals surface area contributed by atoms with E-state index in [0.29, 0.717) is 18.8 Å². The second-order valence-corrected chi connectivity index (χ2v) is 5.89. The van der Waals surface area contributed by atoms with Gasteiger partial charge < -0.3 is 19.8 Å². The van der Waals surface area contributed by atoms with Crippen molar-refractivity contribution in [1.82, 2.24) is 14.9 Å². The third kappa shape index (κ3) is 3.81. The molecule has 0 aliphatic heterocycles. The summed E-state index contributed by atoms with van der Waals surface area (Å²) < 4.78 is 11.9. The van der Waals surface area contributed by atoms with Crippen molar-refractivity contribution < 1.29 is 14.3 Å². The van der Waals surface area contributed by atoms with E-state index in [1.54, 1.807) is 50.6 Å². The number of fused-ring (bicyclic) bond motifs is 1. The summed E-state index contributed by atoms with van der Waals surface area (Å²) in [7, 11) is 1.57. The van der Waals surface area contributed by atoms with Crippen LogP contribution in [0.5, 0.6) is 5.75 Å². The molecular formula is C15H21N3O4. The monoisotopic (exact) mass is 307 g/mol. The molecule has 0 saturated carbocycles. The van der Waals surface area contributed by atoms with Crippen LogP contribution in [-0.2, 0) is 11.3 Å². The molecule has 7 nitrogen and oxygen atoms in total. The van der Waals surface area contributed by atoms with E-state index in [1.807, 2.05) is 0 Å². The minimum atomic E-state index is -0.547. The van der Waals surface area contributed by atoms with Gasteiger partial charge in [0.1, 0.15) is 11.4 Å². The van der Waals surface area contributed by atoms with Crippen molar-refractivity contribution >= 4 is 17.1 Å². The maximum Gasteiger partial charge on any atom is 0.407 e. The summed E-state index contributed by atoms with van der Waals surface area (Å²) in [4.78, 5) is 26.3. The van der Waals surface area contributed by atoms with Gasteiger partial charge in [-0.1, -0.05) is 0 Å². The first-order valence-corrected chi connectivity index (χ1v) is 7.03. The normalized spacial score (nSPS) is 11.5. The number of ether oxygens (including phenoxy) is 2. The van der Waals surface area contributed by atoms with Gasteiger partial charge in [0.15, 0.2) is 0 Å². The van der Waals surface area contributed by atoms with Crippen LogP contribution in [0.1, 0.15) is 20.8 Å². The number of alkyl carbamates (subject to hydrolysis) is 1. The number of carbonyl (C=O) groups excluding carboxylic acids is 1. The molecule has 0 saturated heterocycles. The Labute approximate surface area is 128 Å². The molecule has 1 aromatic heterocycles. The molecule has 22 heavy (non-hydrogen) atoms. The van der Waals surface area contributed by atoms with E-state index in [9.17, 15) is 9.59 Å². The number of benzene rings is 1. The molecule has 0 aliphatic rings. The van der Waals surface area contributed by atoms with E-state index in [1.165, 1.54) is 0 Å².